The normalized spacial score (nSPS) is 16.6. The number of nitrogens with one attached hydrogen (secondary N) is 1. The number of hydrogen-bond acceptors (Lipinski definition) is 7. The van der Waals surface area contributed by atoms with Crippen LogP contribution in [-0.4, -0.2) is 50.2 Å². The van der Waals surface area contributed by atoms with E-state index in [9.17, 15) is 18.5 Å². The molecule has 1 aliphatic rings. The Morgan fingerprint density at radius 1 is 1.21 bits per heavy atom. The summed E-state index contributed by atoms with van der Waals surface area (Å²) in [5.41, 5.74) is 3.47. The predicted octanol–water partition coefficient (Wildman–Crippen LogP) is 2.82. The van der Waals surface area contributed by atoms with Gasteiger partial charge in [0.1, 0.15) is 5.69 Å². The highest BCUT2D eigenvalue weighted by Crippen LogP contribution is 2.29. The quantitative estimate of drug-likeness (QED) is 0.420. The van der Waals surface area contributed by atoms with E-state index in [0.717, 1.165) is 11.6 Å². The summed E-state index contributed by atoms with van der Waals surface area (Å²) in [6.45, 7) is 2.99. The van der Waals surface area contributed by atoms with Crippen molar-refractivity contribution >= 4 is 27.6 Å². The largest absolute Gasteiger partial charge is 0.379 e. The summed E-state index contributed by atoms with van der Waals surface area (Å²) in [5, 5.41) is 15.6. The molecule has 2 aromatic rings. The highest BCUT2D eigenvalue weighted by atomic mass is 32.2. The van der Waals surface area contributed by atoms with Gasteiger partial charge in [0, 0.05) is 31.3 Å². The maximum Gasteiger partial charge on any atom is 0.295 e. The minimum absolute atomic E-state index is 0.00345. The third kappa shape index (κ3) is 4.97. The predicted molar refractivity (Wildman–Crippen MR) is 110 cm³/mol. The minimum atomic E-state index is -3.82. The Hall–Kier alpha value is -2.82. The lowest BCUT2D eigenvalue weighted by atomic mass is 10.0. The van der Waals surface area contributed by atoms with Crippen molar-refractivity contribution in [1.82, 2.24) is 4.31 Å². The Balaban J connectivity index is 1.79. The fraction of sp³-hybridized carbons (Fsp3) is 0.316. The average Bonchev–Trinajstić information content (AvgIpc) is 2.74. The van der Waals surface area contributed by atoms with Crippen LogP contribution < -0.4 is 5.43 Å². The van der Waals surface area contributed by atoms with E-state index in [2.05, 4.69) is 10.5 Å². The first kappa shape index (κ1) is 20.9. The zero-order valence-corrected chi connectivity index (χ0v) is 16.7. The maximum atomic E-state index is 12.7. The molecule has 29 heavy (non-hydrogen) atoms. The van der Waals surface area contributed by atoms with Crippen molar-refractivity contribution in [2.24, 2.45) is 5.10 Å². The molecule has 0 bridgehead atoms. The number of nitrogens with zero attached hydrogens (tertiary/aromatic N) is 3. The van der Waals surface area contributed by atoms with Crippen LogP contribution in [0.4, 0.5) is 11.4 Å². The molecule has 3 rings (SSSR count). The van der Waals surface area contributed by atoms with Crippen LogP contribution in [0.15, 0.2) is 58.5 Å². The van der Waals surface area contributed by atoms with E-state index in [0.29, 0.717) is 13.2 Å². The summed E-state index contributed by atoms with van der Waals surface area (Å²) in [6.07, 6.45) is 1.64. The number of hydrogen-bond donors (Lipinski definition) is 1. The Morgan fingerprint density at radius 3 is 2.55 bits per heavy atom. The zero-order valence-electron chi connectivity index (χ0n) is 15.9. The van der Waals surface area contributed by atoms with Crippen molar-refractivity contribution in [3.63, 3.8) is 0 Å². The number of anilines is 1. The number of benzene rings is 2. The molecule has 0 unspecified atom stereocenters. The van der Waals surface area contributed by atoms with Gasteiger partial charge in [0.05, 0.1) is 23.0 Å². The summed E-state index contributed by atoms with van der Waals surface area (Å²) in [7, 11) is -3.82. The number of hydrazone groups is 1. The molecule has 9 nitrogen and oxygen atoms in total. The smallest absolute Gasteiger partial charge is 0.295 e. The lowest BCUT2D eigenvalue weighted by molar-refractivity contribution is -0.384. The second-order valence-electron chi connectivity index (χ2n) is 6.54. The third-order valence-corrected chi connectivity index (χ3v) is 6.48. The maximum absolute atomic E-state index is 12.7. The van der Waals surface area contributed by atoms with Gasteiger partial charge in [-0.05, 0) is 17.7 Å². The Bertz CT molecular complexity index is 989. The monoisotopic (exact) mass is 418 g/mol. The van der Waals surface area contributed by atoms with E-state index >= 15 is 0 Å². The highest BCUT2D eigenvalue weighted by Gasteiger charge is 2.28. The van der Waals surface area contributed by atoms with E-state index in [1.165, 1.54) is 16.4 Å². The van der Waals surface area contributed by atoms with Crippen LogP contribution in [-0.2, 0) is 14.8 Å². The number of nitro groups is 1. The molecule has 0 saturated carbocycles. The number of nitro benzene ring substituents is 1. The van der Waals surface area contributed by atoms with Crippen molar-refractivity contribution in [2.45, 2.75) is 17.7 Å². The summed E-state index contributed by atoms with van der Waals surface area (Å²) in [4.78, 5) is 10.7. The van der Waals surface area contributed by atoms with Gasteiger partial charge in [0.25, 0.3) is 5.69 Å². The van der Waals surface area contributed by atoms with Crippen molar-refractivity contribution in [2.75, 3.05) is 31.7 Å². The first-order valence-electron chi connectivity index (χ1n) is 9.10. The van der Waals surface area contributed by atoms with Crippen LogP contribution >= 0.6 is 0 Å². The summed E-state index contributed by atoms with van der Waals surface area (Å²) >= 11 is 0. The van der Waals surface area contributed by atoms with E-state index in [1.54, 1.807) is 6.21 Å². The standard InChI is InChI=1S/C19H22N4O5S/c1-15(16-5-3-2-4-6-16)14-20-21-18-8-7-17(13-19(18)23(24)25)29(26,27)22-9-11-28-12-10-22/h2-8,13-15,21H,9-12H2,1H3/b20-14-/t15-/m0/s1. The molecule has 1 aliphatic heterocycles. The topological polar surface area (TPSA) is 114 Å². The second-order valence-corrected chi connectivity index (χ2v) is 8.48. The SMILES string of the molecule is C[C@@H](/C=N\Nc1ccc(S(=O)(=O)N2CCOCC2)cc1[N+](=O)[O-])c1ccccc1. The number of morpholine rings is 1. The van der Waals surface area contributed by atoms with Crippen LogP contribution in [0.25, 0.3) is 0 Å². The van der Waals surface area contributed by atoms with Crippen molar-refractivity contribution in [3.05, 3.63) is 64.2 Å². The number of sulfonamides is 1. The summed E-state index contributed by atoms with van der Waals surface area (Å²) < 4.78 is 31.9. The number of ether oxygens (including phenoxy) is 1. The molecule has 1 heterocycles. The fourth-order valence-corrected chi connectivity index (χ4v) is 4.34. The molecule has 154 valence electrons. The van der Waals surface area contributed by atoms with Gasteiger partial charge in [-0.25, -0.2) is 8.42 Å². The molecule has 0 radical (unpaired) electrons. The van der Waals surface area contributed by atoms with E-state index in [-0.39, 0.29) is 35.3 Å². The van der Waals surface area contributed by atoms with Gasteiger partial charge in [0.2, 0.25) is 10.0 Å². The van der Waals surface area contributed by atoms with Crippen molar-refractivity contribution in [3.8, 4) is 0 Å². The Kier molecular flexibility index (Phi) is 6.57. The molecular weight excluding hydrogens is 396 g/mol. The van der Waals surface area contributed by atoms with Crippen LogP contribution in [0.5, 0.6) is 0 Å². The summed E-state index contributed by atoms with van der Waals surface area (Å²) in [6, 6.07) is 13.4. The van der Waals surface area contributed by atoms with Crippen LogP contribution in [0, 0.1) is 10.1 Å². The molecule has 0 aliphatic carbocycles. The lowest BCUT2D eigenvalue weighted by Crippen LogP contribution is -2.40. The minimum Gasteiger partial charge on any atom is -0.379 e. The van der Waals surface area contributed by atoms with Gasteiger partial charge in [0.15, 0.2) is 0 Å². The Morgan fingerprint density at radius 2 is 1.90 bits per heavy atom. The van der Waals surface area contributed by atoms with Crippen LogP contribution in [0.2, 0.25) is 0 Å². The van der Waals surface area contributed by atoms with Gasteiger partial charge >= 0.3 is 0 Å². The van der Waals surface area contributed by atoms with Crippen molar-refractivity contribution < 1.29 is 18.1 Å². The molecule has 0 amide bonds. The fourth-order valence-electron chi connectivity index (χ4n) is 2.91. The molecule has 1 atom stereocenters. The molecular formula is C19H22N4O5S. The van der Waals surface area contributed by atoms with Gasteiger partial charge in [-0.2, -0.15) is 9.41 Å². The van der Waals surface area contributed by atoms with E-state index in [4.69, 9.17) is 4.74 Å². The second kappa shape index (κ2) is 9.12. The first-order valence-corrected chi connectivity index (χ1v) is 10.5. The zero-order chi connectivity index (χ0) is 20.9. The molecule has 1 N–H and O–H groups in total. The average molecular weight is 418 g/mol. The lowest BCUT2D eigenvalue weighted by Gasteiger charge is -2.26. The molecule has 2 aromatic carbocycles. The van der Waals surface area contributed by atoms with Crippen LogP contribution in [0.1, 0.15) is 18.4 Å². The van der Waals surface area contributed by atoms with E-state index < -0.39 is 14.9 Å². The molecule has 0 spiro atoms. The van der Waals surface area contributed by atoms with Gasteiger partial charge < -0.3 is 4.74 Å². The molecule has 1 saturated heterocycles. The summed E-state index contributed by atoms with van der Waals surface area (Å²) in [5.74, 6) is 0.00345. The van der Waals surface area contributed by atoms with E-state index in [1.807, 2.05) is 37.3 Å². The highest BCUT2D eigenvalue weighted by molar-refractivity contribution is 7.89. The molecule has 1 fully saturated rings. The van der Waals surface area contributed by atoms with Crippen LogP contribution in [0.3, 0.4) is 0 Å². The first-order chi connectivity index (χ1) is 13.9. The van der Waals surface area contributed by atoms with Gasteiger partial charge in [-0.3, -0.25) is 15.5 Å². The molecule has 0 aromatic heterocycles. The van der Waals surface area contributed by atoms with Gasteiger partial charge in [-0.15, -0.1) is 0 Å². The van der Waals surface area contributed by atoms with Gasteiger partial charge in [-0.1, -0.05) is 37.3 Å². The third-order valence-electron chi connectivity index (χ3n) is 4.58. The Labute approximate surface area is 169 Å². The number of rotatable bonds is 7. The van der Waals surface area contributed by atoms with Crippen molar-refractivity contribution in [1.29, 1.82) is 0 Å². The molecule has 10 heteroatoms.